The molecule has 1 saturated heterocycles. The third-order valence-corrected chi connectivity index (χ3v) is 5.21. The molecule has 1 aliphatic rings. The first kappa shape index (κ1) is 18.5. The molecule has 1 aromatic rings. The van der Waals surface area contributed by atoms with Gasteiger partial charge in [0, 0.05) is 5.69 Å². The molecule has 5 nitrogen and oxygen atoms in total. The number of nitrogens with one attached hydrogen (secondary N) is 1. The zero-order chi connectivity index (χ0) is 17.7. The van der Waals surface area contributed by atoms with Gasteiger partial charge in [0.2, 0.25) is 17.7 Å². The predicted molar refractivity (Wildman–Crippen MR) is 96.9 cm³/mol. The maximum Gasteiger partial charge on any atom is 0.244 e. The van der Waals surface area contributed by atoms with E-state index in [9.17, 15) is 14.4 Å². The normalized spacial score (nSPS) is 21.0. The molecular formula is C18H24N2O3S. The lowest BCUT2D eigenvalue weighted by atomic mass is 10.1. The van der Waals surface area contributed by atoms with Gasteiger partial charge < -0.3 is 5.32 Å². The van der Waals surface area contributed by atoms with Gasteiger partial charge in [0.1, 0.15) is 6.54 Å². The standard InChI is InChI=1S/C18H24N2O3S/c1-4-5-6-14-7-9-15(10-8-14)19-16(21)11-20-17(22)12(2)24-13(3)18(20)23/h7-10,12-13H,4-6,11H2,1-3H3,(H,19,21)/t12-,13-/m1/s1. The lowest BCUT2D eigenvalue weighted by molar-refractivity contribution is -0.147. The average Bonchev–Trinajstić information content (AvgIpc) is 2.56. The second-order valence-corrected chi connectivity index (χ2v) is 7.72. The van der Waals surface area contributed by atoms with E-state index in [1.807, 2.05) is 24.3 Å². The highest BCUT2D eigenvalue weighted by molar-refractivity contribution is 8.02. The van der Waals surface area contributed by atoms with Crippen molar-refractivity contribution in [3.05, 3.63) is 29.8 Å². The highest BCUT2D eigenvalue weighted by Crippen LogP contribution is 2.26. The van der Waals surface area contributed by atoms with Crippen LogP contribution in [0.4, 0.5) is 5.69 Å². The van der Waals surface area contributed by atoms with E-state index < -0.39 is 0 Å². The van der Waals surface area contributed by atoms with E-state index in [2.05, 4.69) is 12.2 Å². The molecule has 0 aromatic heterocycles. The van der Waals surface area contributed by atoms with Crippen LogP contribution in [-0.4, -0.2) is 39.7 Å². The molecule has 3 amide bonds. The van der Waals surface area contributed by atoms with E-state index >= 15 is 0 Å². The Labute approximate surface area is 147 Å². The minimum absolute atomic E-state index is 0.232. The minimum Gasteiger partial charge on any atom is -0.325 e. The number of hydrogen-bond donors (Lipinski definition) is 1. The first-order valence-electron chi connectivity index (χ1n) is 8.31. The molecule has 1 aliphatic heterocycles. The van der Waals surface area contributed by atoms with Gasteiger partial charge in [0.05, 0.1) is 10.5 Å². The molecule has 2 rings (SSSR count). The van der Waals surface area contributed by atoms with Crippen molar-refractivity contribution in [1.82, 2.24) is 4.90 Å². The molecule has 0 spiro atoms. The Hall–Kier alpha value is -1.82. The van der Waals surface area contributed by atoms with Crippen LogP contribution in [0.15, 0.2) is 24.3 Å². The lowest BCUT2D eigenvalue weighted by Gasteiger charge is -2.31. The van der Waals surface area contributed by atoms with Crippen LogP contribution in [0.25, 0.3) is 0 Å². The number of unbranched alkanes of at least 4 members (excludes halogenated alkanes) is 1. The summed E-state index contributed by atoms with van der Waals surface area (Å²) in [5.74, 6) is -0.953. The quantitative estimate of drug-likeness (QED) is 0.803. The van der Waals surface area contributed by atoms with Crippen LogP contribution in [0.2, 0.25) is 0 Å². The molecular weight excluding hydrogens is 324 g/mol. The summed E-state index contributed by atoms with van der Waals surface area (Å²) in [5, 5.41) is 2.15. The van der Waals surface area contributed by atoms with Crippen LogP contribution in [0.3, 0.4) is 0 Å². The monoisotopic (exact) mass is 348 g/mol. The number of amides is 3. The topological polar surface area (TPSA) is 66.5 Å². The largest absolute Gasteiger partial charge is 0.325 e. The third kappa shape index (κ3) is 4.60. The number of rotatable bonds is 6. The van der Waals surface area contributed by atoms with E-state index in [0.717, 1.165) is 24.2 Å². The second kappa shape index (κ2) is 8.33. The molecule has 0 radical (unpaired) electrons. The molecule has 1 aromatic carbocycles. The summed E-state index contributed by atoms with van der Waals surface area (Å²) in [6, 6.07) is 7.68. The number of carbonyl (C=O) groups excluding carboxylic acids is 3. The van der Waals surface area contributed by atoms with Gasteiger partial charge in [-0.1, -0.05) is 25.5 Å². The van der Waals surface area contributed by atoms with Crippen LogP contribution >= 0.6 is 11.8 Å². The number of thioether (sulfide) groups is 1. The van der Waals surface area contributed by atoms with Crippen molar-refractivity contribution >= 4 is 35.2 Å². The van der Waals surface area contributed by atoms with Crippen molar-refractivity contribution < 1.29 is 14.4 Å². The lowest BCUT2D eigenvalue weighted by Crippen LogP contribution is -2.52. The minimum atomic E-state index is -0.357. The number of nitrogens with zero attached hydrogens (tertiary/aromatic N) is 1. The second-order valence-electron chi connectivity index (χ2n) is 6.03. The van der Waals surface area contributed by atoms with Gasteiger partial charge in [-0.15, -0.1) is 11.8 Å². The maximum atomic E-state index is 12.2. The van der Waals surface area contributed by atoms with E-state index in [-0.39, 0.29) is 34.8 Å². The molecule has 0 aliphatic carbocycles. The van der Waals surface area contributed by atoms with Gasteiger partial charge in [-0.3, -0.25) is 19.3 Å². The summed E-state index contributed by atoms with van der Waals surface area (Å²) in [5.41, 5.74) is 1.91. The molecule has 0 saturated carbocycles. The van der Waals surface area contributed by atoms with Crippen LogP contribution in [0.1, 0.15) is 39.2 Å². The summed E-state index contributed by atoms with van der Waals surface area (Å²) >= 11 is 1.33. The fourth-order valence-electron chi connectivity index (χ4n) is 2.61. The van der Waals surface area contributed by atoms with E-state index in [4.69, 9.17) is 0 Å². The molecule has 2 atom stereocenters. The highest BCUT2D eigenvalue weighted by atomic mass is 32.2. The molecule has 0 unspecified atom stereocenters. The first-order valence-corrected chi connectivity index (χ1v) is 9.26. The number of imide groups is 1. The molecule has 1 fully saturated rings. The van der Waals surface area contributed by atoms with Crippen molar-refractivity contribution in [1.29, 1.82) is 0 Å². The summed E-state index contributed by atoms with van der Waals surface area (Å²) in [6.07, 6.45) is 3.31. The Morgan fingerprint density at radius 1 is 1.12 bits per heavy atom. The molecule has 1 heterocycles. The summed E-state index contributed by atoms with van der Waals surface area (Å²) in [6.45, 7) is 5.44. The van der Waals surface area contributed by atoms with Crippen molar-refractivity contribution in [2.45, 2.75) is 50.5 Å². The summed E-state index contributed by atoms with van der Waals surface area (Å²) in [7, 11) is 0. The van der Waals surface area contributed by atoms with Crippen molar-refractivity contribution in [2.75, 3.05) is 11.9 Å². The van der Waals surface area contributed by atoms with Crippen LogP contribution in [-0.2, 0) is 20.8 Å². The number of aryl methyl sites for hydroxylation is 1. The Kier molecular flexibility index (Phi) is 6.43. The number of benzene rings is 1. The zero-order valence-corrected chi connectivity index (χ0v) is 15.2. The van der Waals surface area contributed by atoms with Gasteiger partial charge in [0.15, 0.2) is 0 Å². The van der Waals surface area contributed by atoms with Gasteiger partial charge in [0.25, 0.3) is 0 Å². The Bertz CT molecular complexity index is 595. The van der Waals surface area contributed by atoms with E-state index in [1.165, 1.54) is 17.3 Å². The van der Waals surface area contributed by atoms with Gasteiger partial charge in [-0.25, -0.2) is 0 Å². The average molecular weight is 348 g/mol. The van der Waals surface area contributed by atoms with Crippen LogP contribution < -0.4 is 5.32 Å². The predicted octanol–water partition coefficient (Wildman–Crippen LogP) is 2.85. The van der Waals surface area contributed by atoms with E-state index in [1.54, 1.807) is 13.8 Å². The smallest absolute Gasteiger partial charge is 0.244 e. The number of anilines is 1. The maximum absolute atomic E-state index is 12.2. The highest BCUT2D eigenvalue weighted by Gasteiger charge is 2.37. The molecule has 1 N–H and O–H groups in total. The van der Waals surface area contributed by atoms with Crippen LogP contribution in [0.5, 0.6) is 0 Å². The SMILES string of the molecule is CCCCc1ccc(NC(=O)CN2C(=O)[C@@H](C)S[C@H](C)C2=O)cc1. The molecule has 24 heavy (non-hydrogen) atoms. The van der Waals surface area contributed by atoms with Gasteiger partial charge >= 0.3 is 0 Å². The molecule has 6 heteroatoms. The fourth-order valence-corrected chi connectivity index (χ4v) is 3.71. The molecule has 130 valence electrons. The van der Waals surface area contributed by atoms with Crippen molar-refractivity contribution in [2.24, 2.45) is 0 Å². The van der Waals surface area contributed by atoms with Crippen molar-refractivity contribution in [3.8, 4) is 0 Å². The summed E-state index contributed by atoms with van der Waals surface area (Å²) < 4.78 is 0. The first-order chi connectivity index (χ1) is 11.4. The van der Waals surface area contributed by atoms with E-state index in [0.29, 0.717) is 5.69 Å². The van der Waals surface area contributed by atoms with Crippen molar-refractivity contribution in [3.63, 3.8) is 0 Å². The molecule has 0 bridgehead atoms. The number of carbonyl (C=O) groups is 3. The summed E-state index contributed by atoms with van der Waals surface area (Å²) in [4.78, 5) is 37.5. The van der Waals surface area contributed by atoms with Gasteiger partial charge in [-0.2, -0.15) is 0 Å². The fraction of sp³-hybridized carbons (Fsp3) is 0.500. The third-order valence-electron chi connectivity index (χ3n) is 3.99. The Morgan fingerprint density at radius 2 is 1.71 bits per heavy atom. The number of hydrogen-bond acceptors (Lipinski definition) is 4. The Morgan fingerprint density at radius 3 is 2.25 bits per heavy atom. The van der Waals surface area contributed by atoms with Gasteiger partial charge in [-0.05, 0) is 44.4 Å². The van der Waals surface area contributed by atoms with Crippen LogP contribution in [0, 0.1) is 0 Å². The Balaban J connectivity index is 1.94. The zero-order valence-electron chi connectivity index (χ0n) is 14.4.